The summed E-state index contributed by atoms with van der Waals surface area (Å²) in [6.45, 7) is 7.05. The van der Waals surface area contributed by atoms with E-state index < -0.39 is 0 Å². The number of rotatable bonds is 2. The number of carbonyl (C=O) groups is 1. The second-order valence-electron chi connectivity index (χ2n) is 5.13. The predicted molar refractivity (Wildman–Crippen MR) is 53.2 cm³/mol. The number of hydrogen-bond donors (Lipinski definition) is 2. The summed E-state index contributed by atoms with van der Waals surface area (Å²) in [4.78, 5) is 11.5. The Morgan fingerprint density at radius 1 is 1.46 bits per heavy atom. The van der Waals surface area contributed by atoms with Crippen molar-refractivity contribution < 1.29 is 4.79 Å². The first-order valence-corrected chi connectivity index (χ1v) is 4.93. The van der Waals surface area contributed by atoms with Crippen LogP contribution >= 0.6 is 0 Å². The topological polar surface area (TPSA) is 55.1 Å². The van der Waals surface area contributed by atoms with Gasteiger partial charge in [0.1, 0.15) is 0 Å². The molecule has 1 amide bonds. The Kier molecular flexibility index (Phi) is 2.96. The normalized spacial score (nSPS) is 28.0. The van der Waals surface area contributed by atoms with E-state index in [4.69, 9.17) is 5.73 Å². The van der Waals surface area contributed by atoms with E-state index in [-0.39, 0.29) is 23.3 Å². The zero-order valence-corrected chi connectivity index (χ0v) is 8.76. The number of amides is 1. The summed E-state index contributed by atoms with van der Waals surface area (Å²) in [5, 5.41) is 2.94. The molecule has 0 heterocycles. The standard InChI is InChI=1S/C10H20N2O/c1-10(2,3)6-12-9(13)7-4-5-8(7)11/h7-8H,4-6,11H2,1-3H3,(H,12,13)/t7-,8+/m1/s1. The number of hydrogen-bond acceptors (Lipinski definition) is 2. The Hall–Kier alpha value is -0.570. The molecule has 1 aliphatic rings. The van der Waals surface area contributed by atoms with E-state index in [1.165, 1.54) is 0 Å². The van der Waals surface area contributed by atoms with Crippen molar-refractivity contribution in [2.24, 2.45) is 17.1 Å². The van der Waals surface area contributed by atoms with Gasteiger partial charge in [0.05, 0.1) is 5.92 Å². The highest BCUT2D eigenvalue weighted by Crippen LogP contribution is 2.25. The van der Waals surface area contributed by atoms with Crippen molar-refractivity contribution in [3.05, 3.63) is 0 Å². The second-order valence-corrected chi connectivity index (χ2v) is 5.13. The molecule has 0 saturated heterocycles. The molecule has 0 aromatic rings. The molecular weight excluding hydrogens is 164 g/mol. The van der Waals surface area contributed by atoms with Crippen LogP contribution < -0.4 is 11.1 Å². The highest BCUT2D eigenvalue weighted by molar-refractivity contribution is 5.80. The third kappa shape index (κ3) is 2.99. The lowest BCUT2D eigenvalue weighted by Gasteiger charge is -2.33. The molecule has 2 atom stereocenters. The molecule has 0 aliphatic heterocycles. The molecule has 76 valence electrons. The van der Waals surface area contributed by atoms with E-state index in [9.17, 15) is 4.79 Å². The molecular formula is C10H20N2O. The van der Waals surface area contributed by atoms with Crippen molar-refractivity contribution in [3.63, 3.8) is 0 Å². The Morgan fingerprint density at radius 3 is 2.38 bits per heavy atom. The van der Waals surface area contributed by atoms with Crippen molar-refractivity contribution in [1.29, 1.82) is 0 Å². The minimum atomic E-state index is 0.0716. The molecule has 0 bridgehead atoms. The summed E-state index contributed by atoms with van der Waals surface area (Å²) in [5.74, 6) is 0.205. The van der Waals surface area contributed by atoms with Gasteiger partial charge in [0.25, 0.3) is 0 Å². The average molecular weight is 184 g/mol. The second kappa shape index (κ2) is 3.66. The molecule has 3 N–H and O–H groups in total. The molecule has 3 heteroatoms. The monoisotopic (exact) mass is 184 g/mol. The number of carbonyl (C=O) groups excluding carboxylic acids is 1. The van der Waals surface area contributed by atoms with Crippen LogP contribution in [0.3, 0.4) is 0 Å². The van der Waals surface area contributed by atoms with Crippen molar-refractivity contribution in [1.82, 2.24) is 5.32 Å². The minimum Gasteiger partial charge on any atom is -0.355 e. The van der Waals surface area contributed by atoms with Crippen LogP contribution in [-0.4, -0.2) is 18.5 Å². The van der Waals surface area contributed by atoms with E-state index in [0.717, 1.165) is 19.4 Å². The SMILES string of the molecule is CC(C)(C)CNC(=O)[C@@H]1CC[C@@H]1N. The van der Waals surface area contributed by atoms with Gasteiger partial charge < -0.3 is 11.1 Å². The maximum Gasteiger partial charge on any atom is 0.224 e. The lowest BCUT2D eigenvalue weighted by molar-refractivity contribution is -0.128. The van der Waals surface area contributed by atoms with Crippen LogP contribution in [0.25, 0.3) is 0 Å². The van der Waals surface area contributed by atoms with Gasteiger partial charge in [0.15, 0.2) is 0 Å². The summed E-state index contributed by atoms with van der Waals surface area (Å²) in [6, 6.07) is 0.0972. The summed E-state index contributed by atoms with van der Waals surface area (Å²) in [5.41, 5.74) is 5.86. The maximum absolute atomic E-state index is 11.5. The van der Waals surface area contributed by atoms with E-state index in [1.807, 2.05) is 0 Å². The molecule has 0 aromatic carbocycles. The molecule has 0 aromatic heterocycles. The minimum absolute atomic E-state index is 0.0716. The molecule has 0 spiro atoms. The fraction of sp³-hybridized carbons (Fsp3) is 0.900. The fourth-order valence-electron chi connectivity index (χ4n) is 1.33. The molecule has 13 heavy (non-hydrogen) atoms. The number of nitrogens with two attached hydrogens (primary N) is 1. The zero-order valence-electron chi connectivity index (χ0n) is 8.76. The van der Waals surface area contributed by atoms with Gasteiger partial charge in [-0.1, -0.05) is 20.8 Å². The van der Waals surface area contributed by atoms with Crippen LogP contribution in [0.15, 0.2) is 0 Å². The van der Waals surface area contributed by atoms with Crippen LogP contribution in [0.1, 0.15) is 33.6 Å². The van der Waals surface area contributed by atoms with Gasteiger partial charge in [-0.15, -0.1) is 0 Å². The smallest absolute Gasteiger partial charge is 0.224 e. The molecule has 1 fully saturated rings. The molecule has 1 saturated carbocycles. The van der Waals surface area contributed by atoms with Gasteiger partial charge in [-0.05, 0) is 18.3 Å². The summed E-state index contributed by atoms with van der Waals surface area (Å²) in [7, 11) is 0. The molecule has 1 rings (SSSR count). The van der Waals surface area contributed by atoms with Crippen LogP contribution in [0.5, 0.6) is 0 Å². The van der Waals surface area contributed by atoms with E-state index in [1.54, 1.807) is 0 Å². The summed E-state index contributed by atoms with van der Waals surface area (Å²) in [6.07, 6.45) is 1.95. The van der Waals surface area contributed by atoms with Crippen LogP contribution in [0, 0.1) is 11.3 Å². The Labute approximate surface area is 80.1 Å². The first-order chi connectivity index (χ1) is 5.90. The van der Waals surface area contributed by atoms with Crippen molar-refractivity contribution in [3.8, 4) is 0 Å². The van der Waals surface area contributed by atoms with Gasteiger partial charge in [0, 0.05) is 12.6 Å². The van der Waals surface area contributed by atoms with E-state index in [0.29, 0.717) is 0 Å². The average Bonchev–Trinajstić information content (AvgIpc) is 1.97. The predicted octanol–water partition coefficient (Wildman–Crippen LogP) is 0.886. The summed E-state index contributed by atoms with van der Waals surface area (Å²) < 4.78 is 0. The van der Waals surface area contributed by atoms with Gasteiger partial charge in [0.2, 0.25) is 5.91 Å². The van der Waals surface area contributed by atoms with Gasteiger partial charge >= 0.3 is 0 Å². The van der Waals surface area contributed by atoms with Gasteiger partial charge in [-0.2, -0.15) is 0 Å². The van der Waals surface area contributed by atoms with Crippen molar-refractivity contribution in [2.75, 3.05) is 6.54 Å². The first kappa shape index (κ1) is 10.5. The molecule has 0 radical (unpaired) electrons. The van der Waals surface area contributed by atoms with Crippen LogP contribution in [0.2, 0.25) is 0 Å². The van der Waals surface area contributed by atoms with E-state index in [2.05, 4.69) is 26.1 Å². The van der Waals surface area contributed by atoms with Crippen molar-refractivity contribution >= 4 is 5.91 Å². The Balaban J connectivity index is 2.26. The first-order valence-electron chi connectivity index (χ1n) is 4.93. The molecule has 3 nitrogen and oxygen atoms in total. The lowest BCUT2D eigenvalue weighted by atomic mass is 9.79. The van der Waals surface area contributed by atoms with Crippen LogP contribution in [0.4, 0.5) is 0 Å². The molecule has 1 aliphatic carbocycles. The zero-order chi connectivity index (χ0) is 10.1. The quantitative estimate of drug-likeness (QED) is 0.669. The maximum atomic E-state index is 11.5. The Morgan fingerprint density at radius 2 is 2.08 bits per heavy atom. The highest BCUT2D eigenvalue weighted by atomic mass is 16.1. The summed E-state index contributed by atoms with van der Waals surface area (Å²) >= 11 is 0. The van der Waals surface area contributed by atoms with Gasteiger partial charge in [-0.3, -0.25) is 4.79 Å². The van der Waals surface area contributed by atoms with Gasteiger partial charge in [-0.25, -0.2) is 0 Å². The van der Waals surface area contributed by atoms with E-state index >= 15 is 0 Å². The van der Waals surface area contributed by atoms with Crippen LogP contribution in [-0.2, 0) is 4.79 Å². The lowest BCUT2D eigenvalue weighted by Crippen LogP contribution is -2.49. The van der Waals surface area contributed by atoms with Crippen molar-refractivity contribution in [2.45, 2.75) is 39.7 Å². The Bertz CT molecular complexity index is 196. The molecule has 0 unspecified atom stereocenters. The largest absolute Gasteiger partial charge is 0.355 e. The third-order valence-corrected chi connectivity index (χ3v) is 2.46. The fourth-order valence-corrected chi connectivity index (χ4v) is 1.33. The highest BCUT2D eigenvalue weighted by Gasteiger charge is 2.33. The number of nitrogens with one attached hydrogen (secondary N) is 1. The third-order valence-electron chi connectivity index (χ3n) is 2.46.